The van der Waals surface area contributed by atoms with Crippen LogP contribution in [-0.4, -0.2) is 30.8 Å². The summed E-state index contributed by atoms with van der Waals surface area (Å²) in [6.07, 6.45) is 0.998. The van der Waals surface area contributed by atoms with E-state index < -0.39 is 0 Å². The minimum Gasteiger partial charge on any atom is -0.392 e. The first kappa shape index (κ1) is 24.4. The highest BCUT2D eigenvalue weighted by Gasteiger charge is 2.05. The fourth-order valence-electron chi connectivity index (χ4n) is 2.73. The number of rotatable bonds is 10. The zero-order valence-corrected chi connectivity index (χ0v) is 19.1. The third-order valence-corrected chi connectivity index (χ3v) is 4.29. The lowest BCUT2D eigenvalue weighted by Gasteiger charge is -2.15. The Kier molecular flexibility index (Phi) is 12.5. The quantitative estimate of drug-likeness (QED) is 0.201. The molecule has 5 nitrogen and oxygen atoms in total. The molecule has 0 bridgehead atoms. The molecule has 0 spiro atoms. The Morgan fingerprint density at radius 3 is 2.39 bits per heavy atom. The third-order valence-electron chi connectivity index (χ3n) is 4.29. The van der Waals surface area contributed by atoms with E-state index in [1.165, 1.54) is 5.56 Å². The Balaban J connectivity index is 0.00000392. The van der Waals surface area contributed by atoms with Crippen LogP contribution in [0.15, 0.2) is 59.6 Å². The Hall–Kier alpha value is -1.64. The molecule has 2 aromatic carbocycles. The summed E-state index contributed by atoms with van der Waals surface area (Å²) in [5.74, 6) is 0.779. The number of nitrogens with one attached hydrogen (secondary N) is 2. The van der Waals surface area contributed by atoms with Gasteiger partial charge in [0.1, 0.15) is 0 Å². The zero-order chi connectivity index (χ0) is 19.3. The standard InChI is InChI=1S/C22H31N3O2.HI/c1-3-23-22(25-16-20-12-7-8-13-21(20)17-26)24-14-9-15-27-18(2)19-10-5-4-6-11-19;/h4-8,10-13,18,26H,3,9,14-17H2,1-2H3,(H2,23,24,25);1H. The van der Waals surface area contributed by atoms with Crippen molar-refractivity contribution in [3.05, 3.63) is 71.3 Å². The fraction of sp³-hybridized carbons (Fsp3) is 0.409. The first-order valence-corrected chi connectivity index (χ1v) is 9.61. The van der Waals surface area contributed by atoms with Crippen LogP contribution in [0, 0.1) is 0 Å². The van der Waals surface area contributed by atoms with Gasteiger partial charge in [-0.1, -0.05) is 54.6 Å². The van der Waals surface area contributed by atoms with E-state index >= 15 is 0 Å². The first-order valence-electron chi connectivity index (χ1n) is 9.61. The van der Waals surface area contributed by atoms with Crippen molar-refractivity contribution in [1.29, 1.82) is 0 Å². The minimum absolute atomic E-state index is 0. The molecule has 1 atom stereocenters. The maximum absolute atomic E-state index is 9.42. The van der Waals surface area contributed by atoms with Gasteiger partial charge in [-0.2, -0.15) is 0 Å². The Morgan fingerprint density at radius 2 is 1.71 bits per heavy atom. The molecule has 0 heterocycles. The van der Waals surface area contributed by atoms with Crippen LogP contribution in [-0.2, 0) is 17.9 Å². The lowest BCUT2D eigenvalue weighted by molar-refractivity contribution is 0.0646. The summed E-state index contributed by atoms with van der Waals surface area (Å²) < 4.78 is 5.90. The molecule has 6 heteroatoms. The maximum Gasteiger partial charge on any atom is 0.191 e. The van der Waals surface area contributed by atoms with E-state index in [9.17, 15) is 5.11 Å². The number of aliphatic hydroxyl groups is 1. The second-order valence-electron chi connectivity index (χ2n) is 6.33. The number of hydrogen-bond acceptors (Lipinski definition) is 3. The SMILES string of the molecule is CCNC(=NCc1ccccc1CO)NCCCOC(C)c1ccccc1.I. The molecule has 1 unspecified atom stereocenters. The average molecular weight is 497 g/mol. The van der Waals surface area contributed by atoms with Crippen molar-refractivity contribution in [2.45, 2.75) is 39.5 Å². The molecule has 3 N–H and O–H groups in total. The second kappa shape index (κ2) is 14.4. The molecule has 0 saturated carbocycles. The number of nitrogens with zero attached hydrogens (tertiary/aromatic N) is 1. The van der Waals surface area contributed by atoms with Gasteiger partial charge >= 0.3 is 0 Å². The summed E-state index contributed by atoms with van der Waals surface area (Å²) >= 11 is 0. The highest BCUT2D eigenvalue weighted by atomic mass is 127. The van der Waals surface area contributed by atoms with Crippen LogP contribution in [0.2, 0.25) is 0 Å². The summed E-state index contributed by atoms with van der Waals surface area (Å²) in [7, 11) is 0. The highest BCUT2D eigenvalue weighted by molar-refractivity contribution is 14.0. The van der Waals surface area contributed by atoms with E-state index in [1.807, 2.05) is 49.4 Å². The second-order valence-corrected chi connectivity index (χ2v) is 6.33. The van der Waals surface area contributed by atoms with E-state index in [4.69, 9.17) is 4.74 Å². The van der Waals surface area contributed by atoms with Gasteiger partial charge in [0.2, 0.25) is 0 Å². The van der Waals surface area contributed by atoms with Crippen LogP contribution < -0.4 is 10.6 Å². The molecular weight excluding hydrogens is 465 g/mol. The number of aliphatic imine (C=N–C) groups is 1. The number of guanidine groups is 1. The average Bonchev–Trinajstić information content (AvgIpc) is 2.72. The lowest BCUT2D eigenvalue weighted by atomic mass is 10.1. The van der Waals surface area contributed by atoms with Gasteiger partial charge in [0.15, 0.2) is 5.96 Å². The summed E-state index contributed by atoms with van der Waals surface area (Å²) in [4.78, 5) is 4.62. The van der Waals surface area contributed by atoms with Gasteiger partial charge in [-0.25, -0.2) is 4.99 Å². The van der Waals surface area contributed by atoms with Crippen LogP contribution in [0.3, 0.4) is 0 Å². The van der Waals surface area contributed by atoms with Crippen LogP contribution in [0.4, 0.5) is 0 Å². The number of hydrogen-bond donors (Lipinski definition) is 3. The van der Waals surface area contributed by atoms with Crippen molar-refractivity contribution in [3.63, 3.8) is 0 Å². The van der Waals surface area contributed by atoms with Gasteiger partial charge in [-0.3, -0.25) is 0 Å². The summed E-state index contributed by atoms with van der Waals surface area (Å²) in [6.45, 7) is 6.97. The van der Waals surface area contributed by atoms with E-state index in [0.29, 0.717) is 13.2 Å². The third kappa shape index (κ3) is 8.58. The van der Waals surface area contributed by atoms with Gasteiger partial charge in [-0.15, -0.1) is 24.0 Å². The van der Waals surface area contributed by atoms with Crippen molar-refractivity contribution in [1.82, 2.24) is 10.6 Å². The zero-order valence-electron chi connectivity index (χ0n) is 16.7. The van der Waals surface area contributed by atoms with Gasteiger partial charge in [0, 0.05) is 19.7 Å². The van der Waals surface area contributed by atoms with Gasteiger partial charge in [-0.05, 0) is 37.0 Å². The van der Waals surface area contributed by atoms with Crippen LogP contribution in [0.1, 0.15) is 43.1 Å². The molecule has 28 heavy (non-hydrogen) atoms. The molecule has 0 aliphatic carbocycles. The van der Waals surface area contributed by atoms with Crippen molar-refractivity contribution in [2.24, 2.45) is 4.99 Å². The van der Waals surface area contributed by atoms with Gasteiger partial charge in [0.05, 0.1) is 19.3 Å². The highest BCUT2D eigenvalue weighted by Crippen LogP contribution is 2.15. The topological polar surface area (TPSA) is 65.9 Å². The van der Waals surface area contributed by atoms with E-state index in [-0.39, 0.29) is 36.7 Å². The maximum atomic E-state index is 9.42. The van der Waals surface area contributed by atoms with E-state index in [0.717, 1.165) is 36.6 Å². The van der Waals surface area contributed by atoms with Crippen molar-refractivity contribution in [2.75, 3.05) is 19.7 Å². The monoisotopic (exact) mass is 497 g/mol. The molecule has 2 aromatic rings. The molecule has 0 aliphatic heterocycles. The van der Waals surface area contributed by atoms with Crippen molar-refractivity contribution >= 4 is 29.9 Å². The van der Waals surface area contributed by atoms with Crippen molar-refractivity contribution in [3.8, 4) is 0 Å². The Labute approximate surface area is 185 Å². The van der Waals surface area contributed by atoms with E-state index in [1.54, 1.807) is 0 Å². The van der Waals surface area contributed by atoms with Crippen LogP contribution in [0.25, 0.3) is 0 Å². The number of halogens is 1. The van der Waals surface area contributed by atoms with Crippen LogP contribution >= 0.6 is 24.0 Å². The predicted octanol–water partition coefficient (Wildman–Crippen LogP) is 4.02. The van der Waals surface area contributed by atoms with Crippen molar-refractivity contribution < 1.29 is 9.84 Å². The molecule has 0 aromatic heterocycles. The minimum atomic E-state index is 0. The lowest BCUT2D eigenvalue weighted by Crippen LogP contribution is -2.38. The molecule has 0 amide bonds. The summed E-state index contributed by atoms with van der Waals surface area (Å²) in [5.41, 5.74) is 3.15. The Bertz CT molecular complexity index is 695. The van der Waals surface area contributed by atoms with E-state index in [2.05, 4.69) is 34.7 Å². The number of aliphatic hydroxyl groups excluding tert-OH is 1. The molecule has 0 fully saturated rings. The molecule has 2 rings (SSSR count). The normalized spacial score (nSPS) is 12.2. The largest absolute Gasteiger partial charge is 0.392 e. The Morgan fingerprint density at radius 1 is 1.04 bits per heavy atom. The summed E-state index contributed by atoms with van der Waals surface area (Å²) in [6, 6.07) is 18.1. The smallest absolute Gasteiger partial charge is 0.191 e. The molecule has 0 saturated heterocycles. The number of ether oxygens (including phenoxy) is 1. The van der Waals surface area contributed by atoms with Gasteiger partial charge < -0.3 is 20.5 Å². The first-order chi connectivity index (χ1) is 13.2. The molecular formula is C22H32IN3O2. The fourth-order valence-corrected chi connectivity index (χ4v) is 2.73. The molecule has 0 aliphatic rings. The molecule has 0 radical (unpaired) electrons. The van der Waals surface area contributed by atoms with Crippen LogP contribution in [0.5, 0.6) is 0 Å². The molecule has 154 valence electrons. The van der Waals surface area contributed by atoms with Gasteiger partial charge in [0.25, 0.3) is 0 Å². The predicted molar refractivity (Wildman–Crippen MR) is 126 cm³/mol. The number of benzene rings is 2. The summed E-state index contributed by atoms with van der Waals surface area (Å²) in [5, 5.41) is 16.0.